The molecule has 0 aromatic heterocycles. The Labute approximate surface area is 89.4 Å². The summed E-state index contributed by atoms with van der Waals surface area (Å²) < 4.78 is 35.4. The smallest absolute Gasteiger partial charge is 0.258 e. The second kappa shape index (κ2) is 4.78. The third kappa shape index (κ3) is 4.12. The molecule has 16 heavy (non-hydrogen) atoms. The monoisotopic (exact) mass is 231 g/mol. The first-order valence-corrected chi connectivity index (χ1v) is 4.36. The van der Waals surface area contributed by atoms with Crippen LogP contribution in [0.3, 0.4) is 0 Å². The fourth-order valence-corrected chi connectivity index (χ4v) is 1.07. The fourth-order valence-electron chi connectivity index (χ4n) is 1.07. The fraction of sp³-hybridized carbons (Fsp3) is 0.200. The molecular weight excluding hydrogens is 223 g/mol. The highest BCUT2D eigenvalue weighted by Crippen LogP contribution is 2.21. The second-order valence-corrected chi connectivity index (χ2v) is 3.07. The van der Waals surface area contributed by atoms with E-state index in [1.807, 2.05) is 0 Å². The van der Waals surface area contributed by atoms with E-state index in [1.54, 1.807) is 0 Å². The summed E-state index contributed by atoms with van der Waals surface area (Å²) in [4.78, 5) is 9.79. The number of rotatable bonds is 3. The van der Waals surface area contributed by atoms with Gasteiger partial charge in [-0.1, -0.05) is 24.3 Å². The number of halogens is 3. The molecular formula is C10H8F3NO2. The zero-order chi connectivity index (χ0) is 12.2. The van der Waals surface area contributed by atoms with Gasteiger partial charge in [-0.3, -0.25) is 10.1 Å². The lowest BCUT2D eigenvalue weighted by Gasteiger charge is -2.00. The highest BCUT2D eigenvalue weighted by Gasteiger charge is 2.24. The van der Waals surface area contributed by atoms with Crippen LogP contribution in [0.4, 0.5) is 18.9 Å². The summed E-state index contributed by atoms with van der Waals surface area (Å²) in [6.45, 7) is 0. The Kier molecular flexibility index (Phi) is 3.65. The van der Waals surface area contributed by atoms with Gasteiger partial charge in [-0.2, -0.15) is 13.2 Å². The molecule has 0 aliphatic heterocycles. The minimum absolute atomic E-state index is 0.144. The quantitative estimate of drug-likeness (QED) is 0.589. The van der Waals surface area contributed by atoms with Gasteiger partial charge in [0.05, 0.1) is 11.3 Å². The van der Waals surface area contributed by atoms with Crippen LogP contribution < -0.4 is 0 Å². The summed E-state index contributed by atoms with van der Waals surface area (Å²) in [5.74, 6) is 0. The van der Waals surface area contributed by atoms with Crippen LogP contribution in [0, 0.1) is 10.1 Å². The van der Waals surface area contributed by atoms with E-state index in [9.17, 15) is 23.3 Å². The topological polar surface area (TPSA) is 43.1 Å². The number of alkyl halides is 3. The Morgan fingerprint density at radius 3 is 2.62 bits per heavy atom. The van der Waals surface area contributed by atoms with Crippen molar-refractivity contribution in [1.29, 1.82) is 0 Å². The van der Waals surface area contributed by atoms with E-state index in [-0.39, 0.29) is 5.69 Å². The number of hydrogen-bond acceptors (Lipinski definition) is 2. The van der Waals surface area contributed by atoms with Crippen molar-refractivity contribution in [2.24, 2.45) is 0 Å². The van der Waals surface area contributed by atoms with Gasteiger partial charge < -0.3 is 0 Å². The molecule has 0 N–H and O–H groups in total. The maximum absolute atomic E-state index is 11.8. The Balaban J connectivity index is 2.74. The van der Waals surface area contributed by atoms with Crippen molar-refractivity contribution in [3.05, 3.63) is 46.0 Å². The van der Waals surface area contributed by atoms with Gasteiger partial charge in [0.15, 0.2) is 0 Å². The van der Waals surface area contributed by atoms with Gasteiger partial charge in [0.2, 0.25) is 0 Å². The molecule has 0 bridgehead atoms. The van der Waals surface area contributed by atoms with Crippen LogP contribution in [0.5, 0.6) is 0 Å². The highest BCUT2D eigenvalue weighted by atomic mass is 19.4. The van der Waals surface area contributed by atoms with Crippen molar-refractivity contribution >= 4 is 11.8 Å². The molecule has 1 rings (SSSR count). The Bertz CT molecular complexity index is 413. The van der Waals surface area contributed by atoms with Crippen molar-refractivity contribution in [2.45, 2.75) is 12.6 Å². The van der Waals surface area contributed by atoms with Crippen LogP contribution in [-0.2, 0) is 0 Å². The standard InChI is InChI=1S/C10H8F3NO2/c11-10(12,13)6-2-4-8-3-1-5-9(7-8)14(15)16/h1-5,7H,6H2. The maximum Gasteiger partial charge on any atom is 0.392 e. The Morgan fingerprint density at radius 2 is 2.06 bits per heavy atom. The molecule has 86 valence electrons. The van der Waals surface area contributed by atoms with Crippen LogP contribution >= 0.6 is 0 Å². The van der Waals surface area contributed by atoms with Gasteiger partial charge >= 0.3 is 6.18 Å². The normalized spacial score (nSPS) is 11.9. The Hall–Kier alpha value is -1.85. The molecule has 1 aromatic carbocycles. The molecule has 1 aromatic rings. The van der Waals surface area contributed by atoms with E-state index in [0.29, 0.717) is 5.56 Å². The van der Waals surface area contributed by atoms with E-state index in [0.717, 1.165) is 6.08 Å². The van der Waals surface area contributed by atoms with Crippen molar-refractivity contribution in [3.63, 3.8) is 0 Å². The summed E-state index contributed by atoms with van der Waals surface area (Å²) in [7, 11) is 0. The summed E-state index contributed by atoms with van der Waals surface area (Å²) in [6, 6.07) is 5.42. The lowest BCUT2D eigenvalue weighted by Crippen LogP contribution is -2.03. The molecule has 0 fully saturated rings. The number of nitro groups is 1. The molecule has 0 spiro atoms. The summed E-state index contributed by atoms with van der Waals surface area (Å²) in [6.07, 6.45) is -3.16. The van der Waals surface area contributed by atoms with Crippen molar-refractivity contribution in [3.8, 4) is 0 Å². The molecule has 3 nitrogen and oxygen atoms in total. The molecule has 0 aliphatic rings. The molecule has 0 unspecified atom stereocenters. The first-order chi connectivity index (χ1) is 7.38. The molecule has 0 atom stereocenters. The summed E-state index contributed by atoms with van der Waals surface area (Å²) in [5, 5.41) is 10.4. The van der Waals surface area contributed by atoms with Crippen molar-refractivity contribution in [1.82, 2.24) is 0 Å². The van der Waals surface area contributed by atoms with Gasteiger partial charge in [-0.15, -0.1) is 0 Å². The lowest BCUT2D eigenvalue weighted by molar-refractivity contribution is -0.384. The number of non-ortho nitro benzene ring substituents is 1. The van der Waals surface area contributed by atoms with Crippen LogP contribution in [0.2, 0.25) is 0 Å². The van der Waals surface area contributed by atoms with E-state index in [4.69, 9.17) is 0 Å². The Morgan fingerprint density at radius 1 is 1.38 bits per heavy atom. The average molecular weight is 231 g/mol. The van der Waals surface area contributed by atoms with E-state index in [2.05, 4.69) is 0 Å². The maximum atomic E-state index is 11.8. The first-order valence-electron chi connectivity index (χ1n) is 4.36. The molecule has 0 saturated heterocycles. The van der Waals surface area contributed by atoms with Crippen molar-refractivity contribution in [2.75, 3.05) is 0 Å². The van der Waals surface area contributed by atoms with Gasteiger partial charge in [0.25, 0.3) is 5.69 Å². The van der Waals surface area contributed by atoms with Gasteiger partial charge in [-0.05, 0) is 5.56 Å². The number of allylic oxidation sites excluding steroid dienone is 1. The van der Waals surface area contributed by atoms with E-state index >= 15 is 0 Å². The largest absolute Gasteiger partial charge is 0.392 e. The van der Waals surface area contributed by atoms with Crippen LogP contribution in [-0.4, -0.2) is 11.1 Å². The average Bonchev–Trinajstić information content (AvgIpc) is 2.16. The van der Waals surface area contributed by atoms with Crippen LogP contribution in [0.15, 0.2) is 30.3 Å². The number of nitro benzene ring substituents is 1. The third-order valence-electron chi connectivity index (χ3n) is 1.74. The minimum Gasteiger partial charge on any atom is -0.258 e. The van der Waals surface area contributed by atoms with Gasteiger partial charge in [0, 0.05) is 12.1 Å². The number of hydrogen-bond donors (Lipinski definition) is 0. The van der Waals surface area contributed by atoms with Gasteiger partial charge in [-0.25, -0.2) is 0 Å². The number of nitrogens with zero attached hydrogens (tertiary/aromatic N) is 1. The van der Waals surface area contributed by atoms with Crippen LogP contribution in [0.25, 0.3) is 6.08 Å². The lowest BCUT2D eigenvalue weighted by atomic mass is 10.2. The second-order valence-electron chi connectivity index (χ2n) is 3.07. The molecule has 0 heterocycles. The molecule has 0 saturated carbocycles. The third-order valence-corrected chi connectivity index (χ3v) is 1.74. The molecule has 6 heteroatoms. The molecule has 0 aliphatic carbocycles. The SMILES string of the molecule is O=[N+]([O-])c1cccc(C=CCC(F)(F)F)c1. The minimum atomic E-state index is -4.25. The van der Waals surface area contributed by atoms with Gasteiger partial charge in [0.1, 0.15) is 0 Å². The summed E-state index contributed by atoms with van der Waals surface area (Å²) in [5.41, 5.74) is 0.229. The van der Waals surface area contributed by atoms with Crippen LogP contribution in [0.1, 0.15) is 12.0 Å². The zero-order valence-electron chi connectivity index (χ0n) is 8.07. The zero-order valence-corrected chi connectivity index (χ0v) is 8.07. The van der Waals surface area contributed by atoms with E-state index < -0.39 is 17.5 Å². The predicted octanol–water partition coefficient (Wildman–Crippen LogP) is 3.56. The molecule has 0 amide bonds. The first kappa shape index (κ1) is 12.2. The number of benzene rings is 1. The molecule has 0 radical (unpaired) electrons. The highest BCUT2D eigenvalue weighted by molar-refractivity contribution is 5.53. The van der Waals surface area contributed by atoms with Crippen molar-refractivity contribution < 1.29 is 18.1 Å². The predicted molar refractivity (Wildman–Crippen MR) is 52.8 cm³/mol. The van der Waals surface area contributed by atoms with E-state index in [1.165, 1.54) is 30.3 Å². The summed E-state index contributed by atoms with van der Waals surface area (Å²) >= 11 is 0.